The van der Waals surface area contributed by atoms with Crippen molar-refractivity contribution in [2.45, 2.75) is 0 Å². The summed E-state index contributed by atoms with van der Waals surface area (Å²) >= 11 is 5.90. The molecule has 0 saturated carbocycles. The Morgan fingerprint density at radius 3 is 2.48 bits per heavy atom. The van der Waals surface area contributed by atoms with E-state index in [2.05, 4.69) is 15.0 Å². The highest BCUT2D eigenvalue weighted by Crippen LogP contribution is 2.20. The van der Waals surface area contributed by atoms with E-state index in [0.717, 1.165) is 15.7 Å². The van der Waals surface area contributed by atoms with Gasteiger partial charge in [0.2, 0.25) is 0 Å². The molecule has 0 aliphatic rings. The standard InChI is InChI=1S/C13H15ClN4O2S/c1-18(2)21(19,20)17-13-7-6-12(9-15-13)16-11-5-3-4-10(14)8-11/h3-9,16H,1-2H3,(H,15,17). The first-order valence-electron chi connectivity index (χ1n) is 6.06. The quantitative estimate of drug-likeness (QED) is 0.886. The van der Waals surface area contributed by atoms with Gasteiger partial charge in [-0.2, -0.15) is 12.7 Å². The molecule has 0 unspecified atom stereocenters. The number of hydrogen-bond acceptors (Lipinski definition) is 4. The maximum atomic E-state index is 11.7. The molecule has 2 rings (SSSR count). The van der Waals surface area contributed by atoms with Gasteiger partial charge in [0.05, 0.1) is 11.9 Å². The number of halogens is 1. The van der Waals surface area contributed by atoms with E-state index < -0.39 is 10.2 Å². The van der Waals surface area contributed by atoms with E-state index >= 15 is 0 Å². The number of rotatable bonds is 5. The summed E-state index contributed by atoms with van der Waals surface area (Å²) in [4.78, 5) is 4.05. The van der Waals surface area contributed by atoms with E-state index in [1.165, 1.54) is 20.3 Å². The zero-order valence-corrected chi connectivity index (χ0v) is 13.1. The summed E-state index contributed by atoms with van der Waals surface area (Å²) in [7, 11) is -0.662. The number of nitrogens with one attached hydrogen (secondary N) is 2. The molecule has 2 aromatic rings. The van der Waals surface area contributed by atoms with Crippen LogP contribution in [0.4, 0.5) is 17.2 Å². The summed E-state index contributed by atoms with van der Waals surface area (Å²) < 4.78 is 26.7. The van der Waals surface area contributed by atoms with Crippen LogP contribution in [0.3, 0.4) is 0 Å². The molecule has 0 atom stereocenters. The average Bonchev–Trinajstić information content (AvgIpc) is 2.40. The van der Waals surface area contributed by atoms with Crippen LogP contribution in [0, 0.1) is 0 Å². The molecule has 112 valence electrons. The molecular formula is C13H15ClN4O2S. The van der Waals surface area contributed by atoms with Crippen LogP contribution in [0.2, 0.25) is 5.02 Å². The second-order valence-corrected chi connectivity index (χ2v) is 6.78. The highest BCUT2D eigenvalue weighted by atomic mass is 35.5. The first-order valence-corrected chi connectivity index (χ1v) is 7.87. The van der Waals surface area contributed by atoms with Crippen molar-refractivity contribution in [2.75, 3.05) is 24.1 Å². The van der Waals surface area contributed by atoms with Crippen LogP contribution in [0.1, 0.15) is 0 Å². The lowest BCUT2D eigenvalue weighted by Gasteiger charge is -2.13. The van der Waals surface area contributed by atoms with Crippen molar-refractivity contribution in [2.24, 2.45) is 0 Å². The SMILES string of the molecule is CN(C)S(=O)(=O)Nc1ccc(Nc2cccc(Cl)c2)cn1. The molecule has 0 amide bonds. The van der Waals surface area contributed by atoms with Crippen LogP contribution >= 0.6 is 11.6 Å². The molecule has 8 heteroatoms. The summed E-state index contributed by atoms with van der Waals surface area (Å²) in [6, 6.07) is 10.6. The normalized spacial score (nSPS) is 11.4. The molecule has 0 saturated heterocycles. The fourth-order valence-corrected chi connectivity index (χ4v) is 2.24. The number of benzene rings is 1. The second-order valence-electron chi connectivity index (χ2n) is 4.46. The van der Waals surface area contributed by atoms with Crippen molar-refractivity contribution in [3.8, 4) is 0 Å². The fraction of sp³-hybridized carbons (Fsp3) is 0.154. The summed E-state index contributed by atoms with van der Waals surface area (Å²) in [6.45, 7) is 0. The van der Waals surface area contributed by atoms with Crippen molar-refractivity contribution in [1.29, 1.82) is 0 Å². The average molecular weight is 327 g/mol. The van der Waals surface area contributed by atoms with Crippen molar-refractivity contribution < 1.29 is 8.42 Å². The van der Waals surface area contributed by atoms with E-state index in [4.69, 9.17) is 11.6 Å². The van der Waals surface area contributed by atoms with Crippen molar-refractivity contribution in [1.82, 2.24) is 9.29 Å². The van der Waals surface area contributed by atoms with Gasteiger partial charge in [0.1, 0.15) is 5.82 Å². The third-order valence-corrected chi connectivity index (χ3v) is 4.25. The minimum Gasteiger partial charge on any atom is -0.354 e. The Morgan fingerprint density at radius 1 is 1.14 bits per heavy atom. The molecule has 0 fully saturated rings. The Morgan fingerprint density at radius 2 is 1.90 bits per heavy atom. The smallest absolute Gasteiger partial charge is 0.302 e. The van der Waals surface area contributed by atoms with Gasteiger partial charge in [0.15, 0.2) is 0 Å². The molecule has 0 aliphatic heterocycles. The van der Waals surface area contributed by atoms with Crippen LogP contribution in [-0.4, -0.2) is 31.8 Å². The lowest BCUT2D eigenvalue weighted by atomic mass is 10.3. The molecule has 0 bridgehead atoms. The molecule has 2 N–H and O–H groups in total. The number of nitrogens with zero attached hydrogens (tertiary/aromatic N) is 2. The third-order valence-electron chi connectivity index (χ3n) is 2.59. The highest BCUT2D eigenvalue weighted by Gasteiger charge is 2.13. The second kappa shape index (κ2) is 6.30. The molecule has 21 heavy (non-hydrogen) atoms. The van der Waals surface area contributed by atoms with Gasteiger partial charge in [0.25, 0.3) is 0 Å². The van der Waals surface area contributed by atoms with Gasteiger partial charge in [-0.3, -0.25) is 4.72 Å². The first-order chi connectivity index (χ1) is 9.87. The Labute approximate surface area is 128 Å². The minimum absolute atomic E-state index is 0.250. The van der Waals surface area contributed by atoms with Gasteiger partial charge < -0.3 is 5.32 Å². The lowest BCUT2D eigenvalue weighted by molar-refractivity contribution is 0.526. The molecule has 6 nitrogen and oxygen atoms in total. The fourth-order valence-electron chi connectivity index (χ4n) is 1.48. The summed E-state index contributed by atoms with van der Waals surface area (Å²) in [6.07, 6.45) is 1.54. The molecular weight excluding hydrogens is 312 g/mol. The van der Waals surface area contributed by atoms with Crippen molar-refractivity contribution in [3.05, 3.63) is 47.6 Å². The van der Waals surface area contributed by atoms with Crippen LogP contribution in [-0.2, 0) is 10.2 Å². The largest absolute Gasteiger partial charge is 0.354 e. The van der Waals surface area contributed by atoms with Crippen LogP contribution in [0.25, 0.3) is 0 Å². The topological polar surface area (TPSA) is 74.3 Å². The van der Waals surface area contributed by atoms with Gasteiger partial charge in [-0.05, 0) is 30.3 Å². The summed E-state index contributed by atoms with van der Waals surface area (Å²) in [5.41, 5.74) is 1.55. The Kier molecular flexibility index (Phi) is 4.66. The maximum Gasteiger partial charge on any atom is 0.302 e. The minimum atomic E-state index is -3.55. The number of hydrogen-bond donors (Lipinski definition) is 2. The van der Waals surface area contributed by atoms with Crippen LogP contribution in [0.5, 0.6) is 0 Å². The highest BCUT2D eigenvalue weighted by molar-refractivity contribution is 7.90. The predicted molar refractivity (Wildman–Crippen MR) is 85.2 cm³/mol. The molecule has 0 radical (unpaired) electrons. The van der Waals surface area contributed by atoms with E-state index in [1.807, 2.05) is 12.1 Å². The van der Waals surface area contributed by atoms with Crippen LogP contribution < -0.4 is 10.0 Å². The van der Waals surface area contributed by atoms with Gasteiger partial charge >= 0.3 is 10.2 Å². The third kappa shape index (κ3) is 4.32. The summed E-state index contributed by atoms with van der Waals surface area (Å²) in [5.74, 6) is 0.250. The number of aromatic nitrogens is 1. The van der Waals surface area contributed by atoms with Gasteiger partial charge in [-0.15, -0.1) is 0 Å². The predicted octanol–water partition coefficient (Wildman–Crippen LogP) is 2.70. The Hall–Kier alpha value is -1.83. The lowest BCUT2D eigenvalue weighted by Crippen LogP contribution is -2.29. The van der Waals surface area contributed by atoms with E-state index in [0.29, 0.717) is 5.02 Å². The Bertz CT molecular complexity index is 717. The zero-order valence-electron chi connectivity index (χ0n) is 11.5. The molecule has 1 aromatic heterocycles. The van der Waals surface area contributed by atoms with E-state index in [1.54, 1.807) is 24.3 Å². The van der Waals surface area contributed by atoms with Gasteiger partial charge in [-0.1, -0.05) is 17.7 Å². The van der Waals surface area contributed by atoms with Gasteiger partial charge in [-0.25, -0.2) is 4.98 Å². The van der Waals surface area contributed by atoms with E-state index in [-0.39, 0.29) is 5.82 Å². The van der Waals surface area contributed by atoms with Crippen molar-refractivity contribution in [3.63, 3.8) is 0 Å². The number of anilines is 3. The Balaban J connectivity index is 2.09. The maximum absolute atomic E-state index is 11.7. The number of pyridine rings is 1. The first kappa shape index (κ1) is 15.6. The van der Waals surface area contributed by atoms with Gasteiger partial charge in [0, 0.05) is 24.8 Å². The van der Waals surface area contributed by atoms with Crippen molar-refractivity contribution >= 4 is 39.0 Å². The zero-order chi connectivity index (χ0) is 15.5. The summed E-state index contributed by atoms with van der Waals surface area (Å²) in [5, 5.41) is 3.75. The molecule has 0 aliphatic carbocycles. The molecule has 1 heterocycles. The van der Waals surface area contributed by atoms with Crippen LogP contribution in [0.15, 0.2) is 42.6 Å². The van der Waals surface area contributed by atoms with E-state index in [9.17, 15) is 8.42 Å². The molecule has 0 spiro atoms. The monoisotopic (exact) mass is 326 g/mol. The molecule has 1 aromatic carbocycles.